The van der Waals surface area contributed by atoms with Crippen molar-refractivity contribution in [3.63, 3.8) is 0 Å². The zero-order valence-electron chi connectivity index (χ0n) is 12.6. The molecule has 0 bridgehead atoms. The predicted molar refractivity (Wildman–Crippen MR) is 81.2 cm³/mol. The molecule has 0 radical (unpaired) electrons. The maximum atomic E-state index is 11.6. The van der Waals surface area contributed by atoms with Crippen LogP contribution in [-0.4, -0.2) is 35.4 Å². The highest BCUT2D eigenvalue weighted by Gasteiger charge is 2.24. The topological polar surface area (TPSA) is 117 Å². The monoisotopic (exact) mass is 309 g/mol. The molecule has 1 aromatic carbocycles. The summed E-state index contributed by atoms with van der Waals surface area (Å²) in [4.78, 5) is 33.4. The number of carboxylic acid groups (broad SMARTS) is 1. The number of nitroso groups, excluding NO2 is 1. The molecule has 0 unspecified atom stereocenters. The van der Waals surface area contributed by atoms with E-state index < -0.39 is 23.7 Å². The third-order valence-electron chi connectivity index (χ3n) is 2.49. The Hall–Kier alpha value is -2.64. The van der Waals surface area contributed by atoms with Crippen molar-refractivity contribution >= 4 is 23.4 Å². The minimum atomic E-state index is -1.23. The molecule has 0 spiro atoms. The summed E-state index contributed by atoms with van der Waals surface area (Å²) in [6.07, 6.45) is -0.830. The molecular weight excluding hydrogens is 290 g/mol. The third kappa shape index (κ3) is 5.78. The van der Waals surface area contributed by atoms with Crippen molar-refractivity contribution in [2.24, 2.45) is 5.18 Å². The number of hydrogen-bond acceptors (Lipinski definition) is 6. The van der Waals surface area contributed by atoms with E-state index in [1.54, 1.807) is 39.0 Å². The van der Waals surface area contributed by atoms with Crippen molar-refractivity contribution in [1.29, 1.82) is 0 Å². The molecule has 1 amide bonds. The van der Waals surface area contributed by atoms with Gasteiger partial charge < -0.3 is 20.5 Å². The van der Waals surface area contributed by atoms with Crippen LogP contribution in [0.15, 0.2) is 29.4 Å². The smallest absolute Gasteiger partial charge is 0.408 e. The molecule has 1 atom stereocenters. The highest BCUT2D eigenvalue weighted by Crippen LogP contribution is 2.23. The van der Waals surface area contributed by atoms with E-state index in [4.69, 9.17) is 9.84 Å². The van der Waals surface area contributed by atoms with E-state index in [9.17, 15) is 14.5 Å². The van der Waals surface area contributed by atoms with E-state index in [0.717, 1.165) is 0 Å². The molecule has 0 aromatic heterocycles. The molecule has 0 heterocycles. The van der Waals surface area contributed by atoms with Crippen molar-refractivity contribution < 1.29 is 19.4 Å². The Morgan fingerprint density at radius 2 is 1.95 bits per heavy atom. The number of anilines is 1. The predicted octanol–water partition coefficient (Wildman–Crippen LogP) is 2.47. The van der Waals surface area contributed by atoms with Gasteiger partial charge in [0, 0.05) is 6.54 Å². The summed E-state index contributed by atoms with van der Waals surface area (Å²) < 4.78 is 5.01. The van der Waals surface area contributed by atoms with E-state index in [1.165, 1.54) is 6.07 Å². The van der Waals surface area contributed by atoms with Gasteiger partial charge in [-0.05, 0) is 38.1 Å². The van der Waals surface area contributed by atoms with Crippen LogP contribution >= 0.6 is 0 Å². The lowest BCUT2D eigenvalue weighted by Crippen LogP contribution is -2.47. The molecule has 0 saturated heterocycles. The number of nitrogens with one attached hydrogen (secondary N) is 2. The van der Waals surface area contributed by atoms with Crippen LogP contribution in [0.4, 0.5) is 16.2 Å². The zero-order valence-corrected chi connectivity index (χ0v) is 12.6. The first-order valence-electron chi connectivity index (χ1n) is 6.61. The van der Waals surface area contributed by atoms with Crippen LogP contribution in [0.2, 0.25) is 0 Å². The molecule has 1 rings (SSSR count). The second kappa shape index (κ2) is 7.39. The number of benzene rings is 1. The Bertz CT molecular complexity index is 554. The zero-order chi connectivity index (χ0) is 16.8. The fourth-order valence-corrected chi connectivity index (χ4v) is 1.56. The van der Waals surface area contributed by atoms with Gasteiger partial charge in [0.05, 0.1) is 5.69 Å². The van der Waals surface area contributed by atoms with Gasteiger partial charge in [0.2, 0.25) is 0 Å². The summed E-state index contributed by atoms with van der Waals surface area (Å²) in [5.74, 6) is -1.23. The van der Waals surface area contributed by atoms with E-state index in [1.807, 2.05) is 0 Å². The average Bonchev–Trinajstić information content (AvgIpc) is 2.41. The fourth-order valence-electron chi connectivity index (χ4n) is 1.56. The van der Waals surface area contributed by atoms with Crippen LogP contribution in [0.25, 0.3) is 0 Å². The first-order valence-corrected chi connectivity index (χ1v) is 6.61. The van der Waals surface area contributed by atoms with E-state index in [0.29, 0.717) is 5.69 Å². The van der Waals surface area contributed by atoms with Gasteiger partial charge in [0.15, 0.2) is 0 Å². The number of carbonyl (C=O) groups excluding carboxylic acids is 1. The standard InChI is InChI=1S/C14H19N3O5/c1-14(2,3)22-13(20)16-11(12(18)19)8-15-9-6-4-5-7-10(9)17-21/h4-7,11,15H,8H2,1-3H3,(H,16,20)(H,18,19)/t11-/m0/s1. The normalized spacial score (nSPS) is 12.1. The number of aliphatic carboxylic acids is 1. The third-order valence-corrected chi connectivity index (χ3v) is 2.49. The summed E-state index contributed by atoms with van der Waals surface area (Å²) in [6.45, 7) is 4.90. The number of alkyl carbamates (subject to hydrolysis) is 1. The minimum absolute atomic E-state index is 0.124. The lowest BCUT2D eigenvalue weighted by molar-refractivity contribution is -0.139. The van der Waals surface area contributed by atoms with Crippen molar-refractivity contribution in [2.45, 2.75) is 32.4 Å². The van der Waals surface area contributed by atoms with Gasteiger partial charge in [-0.25, -0.2) is 9.59 Å². The largest absolute Gasteiger partial charge is 0.480 e. The van der Waals surface area contributed by atoms with Crippen LogP contribution < -0.4 is 10.6 Å². The number of carbonyl (C=O) groups is 2. The van der Waals surface area contributed by atoms with Crippen LogP contribution in [0, 0.1) is 4.91 Å². The first-order chi connectivity index (χ1) is 10.2. The SMILES string of the molecule is CC(C)(C)OC(=O)N[C@@H](CNc1ccccc1N=O)C(=O)O. The second-order valence-electron chi connectivity index (χ2n) is 5.53. The molecule has 1 aromatic rings. The van der Waals surface area contributed by atoms with Gasteiger partial charge in [0.1, 0.15) is 17.3 Å². The maximum Gasteiger partial charge on any atom is 0.408 e. The Balaban J connectivity index is 2.67. The Labute approximate surface area is 127 Å². The molecule has 8 heteroatoms. The van der Waals surface area contributed by atoms with Gasteiger partial charge >= 0.3 is 12.1 Å². The van der Waals surface area contributed by atoms with Gasteiger partial charge in [-0.1, -0.05) is 12.1 Å². The highest BCUT2D eigenvalue weighted by molar-refractivity contribution is 5.81. The molecule has 0 aliphatic heterocycles. The van der Waals surface area contributed by atoms with Gasteiger partial charge in [0.25, 0.3) is 0 Å². The molecule has 22 heavy (non-hydrogen) atoms. The lowest BCUT2D eigenvalue weighted by Gasteiger charge is -2.22. The lowest BCUT2D eigenvalue weighted by atomic mass is 10.2. The first kappa shape index (κ1) is 17.4. The van der Waals surface area contributed by atoms with Crippen molar-refractivity contribution in [1.82, 2.24) is 5.32 Å². The van der Waals surface area contributed by atoms with Gasteiger partial charge in [-0.15, -0.1) is 4.91 Å². The van der Waals surface area contributed by atoms with E-state index in [-0.39, 0.29) is 12.2 Å². The van der Waals surface area contributed by atoms with E-state index >= 15 is 0 Å². The number of ether oxygens (including phenoxy) is 1. The van der Waals surface area contributed by atoms with E-state index in [2.05, 4.69) is 15.8 Å². The number of amides is 1. The summed E-state index contributed by atoms with van der Waals surface area (Å²) in [7, 11) is 0. The maximum absolute atomic E-state index is 11.6. The number of carboxylic acids is 1. The molecule has 0 fully saturated rings. The fraction of sp³-hybridized carbons (Fsp3) is 0.429. The quantitative estimate of drug-likeness (QED) is 0.695. The molecule has 0 aliphatic carbocycles. The number of hydrogen-bond donors (Lipinski definition) is 3. The van der Waals surface area contributed by atoms with Crippen LogP contribution in [0.5, 0.6) is 0 Å². The number of rotatable bonds is 6. The Morgan fingerprint density at radius 3 is 2.50 bits per heavy atom. The van der Waals surface area contributed by atoms with Crippen LogP contribution in [0.1, 0.15) is 20.8 Å². The van der Waals surface area contributed by atoms with Crippen LogP contribution in [-0.2, 0) is 9.53 Å². The molecule has 3 N–H and O–H groups in total. The number of para-hydroxylation sites is 1. The number of nitrogens with zero attached hydrogens (tertiary/aromatic N) is 1. The molecule has 8 nitrogen and oxygen atoms in total. The van der Waals surface area contributed by atoms with Crippen LogP contribution in [0.3, 0.4) is 0 Å². The molecular formula is C14H19N3O5. The molecule has 120 valence electrons. The summed E-state index contributed by atoms with van der Waals surface area (Å²) >= 11 is 0. The average molecular weight is 309 g/mol. The Kier molecular flexibility index (Phi) is 5.85. The molecule has 0 aliphatic rings. The summed E-state index contributed by atoms with van der Waals surface area (Å²) in [6, 6.07) is 5.17. The summed E-state index contributed by atoms with van der Waals surface area (Å²) in [5.41, 5.74) is -0.187. The van der Waals surface area contributed by atoms with Gasteiger partial charge in [-0.2, -0.15) is 0 Å². The van der Waals surface area contributed by atoms with Crippen molar-refractivity contribution in [3.8, 4) is 0 Å². The van der Waals surface area contributed by atoms with Crippen molar-refractivity contribution in [3.05, 3.63) is 29.2 Å². The summed E-state index contributed by atoms with van der Waals surface area (Å²) in [5, 5.41) is 17.0. The second-order valence-corrected chi connectivity index (χ2v) is 5.53. The molecule has 0 saturated carbocycles. The van der Waals surface area contributed by atoms with Gasteiger partial charge in [-0.3, -0.25) is 0 Å². The highest BCUT2D eigenvalue weighted by atomic mass is 16.6. The minimum Gasteiger partial charge on any atom is -0.480 e. The van der Waals surface area contributed by atoms with Crippen molar-refractivity contribution in [2.75, 3.05) is 11.9 Å². The Morgan fingerprint density at radius 1 is 1.32 bits per heavy atom.